The Labute approximate surface area is 224 Å². The summed E-state index contributed by atoms with van der Waals surface area (Å²) in [5.74, 6) is -0.00171. The van der Waals surface area contributed by atoms with Crippen LogP contribution in [0.5, 0.6) is 0 Å². The standard InChI is InChI=1S/C30H26N6OS/c1-3-4-28(37)35-21-7-10-31-16-19(13-21)20-14-23-22(8-11-33-30(23)34-17-20)26-15-24-25(36-26)9-12-32-29(24)27-6-5-18(2)38-27/h5-17,31,36H,3-4H2,1-2H3,(H,35,37). The number of hydrogen-bond acceptors (Lipinski definition) is 6. The van der Waals surface area contributed by atoms with Crippen molar-refractivity contribution >= 4 is 44.8 Å². The first-order valence-electron chi connectivity index (χ1n) is 12.5. The second-order valence-electron chi connectivity index (χ2n) is 9.17. The molecule has 5 aromatic heterocycles. The molecule has 1 aliphatic heterocycles. The highest BCUT2D eigenvalue weighted by molar-refractivity contribution is 7.15. The fraction of sp³-hybridized carbons (Fsp3) is 0.133. The van der Waals surface area contributed by atoms with Crippen LogP contribution in [0.15, 0.2) is 85.2 Å². The molecule has 3 N–H and O–H groups in total. The van der Waals surface area contributed by atoms with E-state index >= 15 is 0 Å². The Balaban J connectivity index is 1.42. The number of thiophene rings is 1. The zero-order chi connectivity index (χ0) is 26.1. The van der Waals surface area contributed by atoms with Crippen LogP contribution in [0.2, 0.25) is 0 Å². The van der Waals surface area contributed by atoms with Crippen LogP contribution in [0.3, 0.4) is 0 Å². The molecule has 8 heteroatoms. The van der Waals surface area contributed by atoms with Crippen molar-refractivity contribution in [2.75, 3.05) is 0 Å². The number of amides is 1. The third-order valence-corrected chi connectivity index (χ3v) is 7.42. The van der Waals surface area contributed by atoms with E-state index in [-0.39, 0.29) is 5.91 Å². The van der Waals surface area contributed by atoms with Gasteiger partial charge in [0.2, 0.25) is 5.91 Å². The van der Waals surface area contributed by atoms with Crippen LogP contribution in [-0.2, 0) is 4.79 Å². The van der Waals surface area contributed by atoms with E-state index in [0.29, 0.717) is 12.1 Å². The van der Waals surface area contributed by atoms with Gasteiger partial charge < -0.3 is 15.6 Å². The summed E-state index contributed by atoms with van der Waals surface area (Å²) in [6.07, 6.45) is 14.2. The maximum absolute atomic E-state index is 12.2. The normalized spacial score (nSPS) is 13.2. The second kappa shape index (κ2) is 10.1. The van der Waals surface area contributed by atoms with Crippen molar-refractivity contribution in [3.63, 3.8) is 0 Å². The minimum Gasteiger partial charge on any atom is -0.367 e. The number of pyridine rings is 3. The number of aromatic nitrogens is 4. The summed E-state index contributed by atoms with van der Waals surface area (Å²) in [5, 5.41) is 8.16. The molecule has 6 heterocycles. The number of aryl methyl sites for hydroxylation is 1. The van der Waals surface area contributed by atoms with Gasteiger partial charge >= 0.3 is 0 Å². The van der Waals surface area contributed by atoms with Gasteiger partial charge in [-0.1, -0.05) is 6.92 Å². The first-order valence-corrected chi connectivity index (χ1v) is 13.3. The van der Waals surface area contributed by atoms with Gasteiger partial charge in [-0.15, -0.1) is 11.3 Å². The molecule has 0 spiro atoms. The highest BCUT2D eigenvalue weighted by Crippen LogP contribution is 2.36. The summed E-state index contributed by atoms with van der Waals surface area (Å²) in [5.41, 5.74) is 7.21. The van der Waals surface area contributed by atoms with Crippen LogP contribution in [0.4, 0.5) is 0 Å². The van der Waals surface area contributed by atoms with E-state index < -0.39 is 0 Å². The van der Waals surface area contributed by atoms with Crippen molar-refractivity contribution in [1.29, 1.82) is 0 Å². The number of aromatic amines is 1. The summed E-state index contributed by atoms with van der Waals surface area (Å²) in [7, 11) is 0. The van der Waals surface area contributed by atoms with E-state index in [4.69, 9.17) is 4.98 Å². The average molecular weight is 519 g/mol. The van der Waals surface area contributed by atoms with Crippen molar-refractivity contribution in [2.24, 2.45) is 0 Å². The quantitative estimate of drug-likeness (QED) is 0.239. The Hall–Kier alpha value is -4.56. The zero-order valence-corrected chi connectivity index (χ0v) is 21.9. The molecule has 5 aromatic rings. The summed E-state index contributed by atoms with van der Waals surface area (Å²) in [4.78, 5) is 32.0. The molecule has 7 nitrogen and oxygen atoms in total. The SMILES string of the molecule is CCCC(=O)NC1=CC(c2cnc3nccc(-c4cc5c(-c6ccc(C)s6)nccc5[nH]4)c3c2)=CNC=C1. The predicted molar refractivity (Wildman–Crippen MR) is 154 cm³/mol. The lowest BCUT2D eigenvalue weighted by molar-refractivity contribution is -0.120. The molecule has 0 atom stereocenters. The molecule has 38 heavy (non-hydrogen) atoms. The Morgan fingerprint density at radius 2 is 1.95 bits per heavy atom. The van der Waals surface area contributed by atoms with Gasteiger partial charge in [0.15, 0.2) is 5.65 Å². The molecule has 188 valence electrons. The second-order valence-corrected chi connectivity index (χ2v) is 10.5. The Morgan fingerprint density at radius 3 is 2.79 bits per heavy atom. The van der Waals surface area contributed by atoms with E-state index in [1.54, 1.807) is 23.7 Å². The average Bonchev–Trinajstić information content (AvgIpc) is 3.48. The van der Waals surface area contributed by atoms with Crippen molar-refractivity contribution < 1.29 is 4.79 Å². The molecular weight excluding hydrogens is 492 g/mol. The van der Waals surface area contributed by atoms with Gasteiger partial charge in [-0.3, -0.25) is 9.78 Å². The number of rotatable bonds is 6. The minimum atomic E-state index is -0.00171. The number of carbonyl (C=O) groups excluding carboxylic acids is 1. The van der Waals surface area contributed by atoms with Crippen molar-refractivity contribution in [3.05, 3.63) is 95.7 Å². The maximum Gasteiger partial charge on any atom is 0.224 e. The van der Waals surface area contributed by atoms with E-state index in [9.17, 15) is 4.79 Å². The molecule has 6 rings (SSSR count). The zero-order valence-electron chi connectivity index (χ0n) is 21.1. The molecule has 0 unspecified atom stereocenters. The fourth-order valence-electron chi connectivity index (χ4n) is 4.61. The molecule has 0 saturated heterocycles. The number of allylic oxidation sites excluding steroid dienone is 3. The molecule has 0 aliphatic carbocycles. The Bertz CT molecular complexity index is 1770. The summed E-state index contributed by atoms with van der Waals surface area (Å²) >= 11 is 1.74. The van der Waals surface area contributed by atoms with Gasteiger partial charge in [-0.25, -0.2) is 9.97 Å². The first kappa shape index (κ1) is 23.8. The lowest BCUT2D eigenvalue weighted by Gasteiger charge is -2.09. The fourth-order valence-corrected chi connectivity index (χ4v) is 5.49. The van der Waals surface area contributed by atoms with Gasteiger partial charge in [0, 0.05) is 86.7 Å². The van der Waals surface area contributed by atoms with Crippen LogP contribution in [-0.4, -0.2) is 25.8 Å². The number of H-pyrrole nitrogens is 1. The number of fused-ring (bicyclic) bond motifs is 2. The molecule has 0 aromatic carbocycles. The van der Waals surface area contributed by atoms with Crippen LogP contribution in [0.1, 0.15) is 30.2 Å². The van der Waals surface area contributed by atoms with Gasteiger partial charge in [0.25, 0.3) is 0 Å². The Morgan fingerprint density at radius 1 is 1.05 bits per heavy atom. The monoisotopic (exact) mass is 518 g/mol. The van der Waals surface area contributed by atoms with Gasteiger partial charge in [-0.05, 0) is 61.9 Å². The highest BCUT2D eigenvalue weighted by atomic mass is 32.1. The summed E-state index contributed by atoms with van der Waals surface area (Å²) < 4.78 is 0. The molecule has 0 saturated carbocycles. The van der Waals surface area contributed by atoms with E-state index in [2.05, 4.69) is 56.8 Å². The predicted octanol–water partition coefficient (Wildman–Crippen LogP) is 6.47. The molecule has 0 radical (unpaired) electrons. The van der Waals surface area contributed by atoms with Crippen molar-refractivity contribution in [3.8, 4) is 21.8 Å². The van der Waals surface area contributed by atoms with Crippen molar-refractivity contribution in [2.45, 2.75) is 26.7 Å². The van der Waals surface area contributed by atoms with Crippen molar-refractivity contribution in [1.82, 2.24) is 30.6 Å². The lowest BCUT2D eigenvalue weighted by atomic mass is 10.0. The van der Waals surface area contributed by atoms with E-state index in [0.717, 1.165) is 61.4 Å². The van der Waals surface area contributed by atoms with Gasteiger partial charge in [0.1, 0.15) is 0 Å². The topological polar surface area (TPSA) is 95.6 Å². The largest absolute Gasteiger partial charge is 0.367 e. The third kappa shape index (κ3) is 4.62. The number of carbonyl (C=O) groups is 1. The molecular formula is C30H26N6OS. The van der Waals surface area contributed by atoms with Crippen LogP contribution in [0, 0.1) is 6.92 Å². The third-order valence-electron chi connectivity index (χ3n) is 6.41. The number of hydrogen-bond donors (Lipinski definition) is 3. The molecule has 1 amide bonds. The molecule has 0 fully saturated rings. The molecule has 1 aliphatic rings. The van der Waals surface area contributed by atoms with Crippen LogP contribution in [0.25, 0.3) is 49.3 Å². The maximum atomic E-state index is 12.2. The van der Waals surface area contributed by atoms with Crippen LogP contribution >= 0.6 is 11.3 Å². The molecule has 0 bridgehead atoms. The first-order chi connectivity index (χ1) is 18.6. The van der Waals surface area contributed by atoms with E-state index in [1.807, 2.05) is 49.8 Å². The minimum absolute atomic E-state index is 0.00171. The summed E-state index contributed by atoms with van der Waals surface area (Å²) in [6, 6.07) is 12.5. The number of nitrogens with zero attached hydrogens (tertiary/aromatic N) is 3. The highest BCUT2D eigenvalue weighted by Gasteiger charge is 2.15. The van der Waals surface area contributed by atoms with E-state index in [1.165, 1.54) is 4.88 Å². The smallest absolute Gasteiger partial charge is 0.224 e. The number of nitrogens with one attached hydrogen (secondary N) is 3. The summed E-state index contributed by atoms with van der Waals surface area (Å²) in [6.45, 7) is 4.10. The van der Waals surface area contributed by atoms with Crippen LogP contribution < -0.4 is 10.6 Å². The van der Waals surface area contributed by atoms with Gasteiger partial charge in [0.05, 0.1) is 10.6 Å². The van der Waals surface area contributed by atoms with Gasteiger partial charge in [-0.2, -0.15) is 0 Å². The lowest BCUT2D eigenvalue weighted by Crippen LogP contribution is -2.21. The Kier molecular flexibility index (Phi) is 6.31.